The largest absolute Gasteiger partial charge is 0.484 e. The minimum Gasteiger partial charge on any atom is -0.484 e. The Labute approximate surface area is 148 Å². The van der Waals surface area contributed by atoms with Gasteiger partial charge in [-0.05, 0) is 50.8 Å². The van der Waals surface area contributed by atoms with Crippen molar-refractivity contribution in [2.24, 2.45) is 5.73 Å². The minimum atomic E-state index is -0.593. The molecule has 0 aromatic heterocycles. The van der Waals surface area contributed by atoms with Crippen molar-refractivity contribution in [2.75, 3.05) is 6.61 Å². The van der Waals surface area contributed by atoms with Gasteiger partial charge in [-0.2, -0.15) is 0 Å². The third kappa shape index (κ3) is 5.36. The van der Waals surface area contributed by atoms with E-state index in [1.807, 2.05) is 19.1 Å². The van der Waals surface area contributed by atoms with Crippen LogP contribution in [0.5, 0.6) is 5.75 Å². The smallest absolute Gasteiger partial charge is 0.323 e. The van der Waals surface area contributed by atoms with Crippen LogP contribution in [-0.2, 0) is 14.3 Å². The Balaban J connectivity index is 2.21. The molecule has 1 saturated heterocycles. The lowest BCUT2D eigenvalue weighted by atomic mass is 10.0. The fourth-order valence-electron chi connectivity index (χ4n) is 2.78. The van der Waals surface area contributed by atoms with Crippen molar-refractivity contribution in [3.63, 3.8) is 0 Å². The Hall–Kier alpha value is -1.30. The molecule has 1 aliphatic heterocycles. The van der Waals surface area contributed by atoms with Crippen LogP contribution in [0.3, 0.4) is 0 Å². The maximum Gasteiger partial charge on any atom is 0.323 e. The van der Waals surface area contributed by atoms with Gasteiger partial charge in [-0.3, -0.25) is 4.79 Å². The molecule has 0 unspecified atom stereocenters. The van der Waals surface area contributed by atoms with E-state index in [-0.39, 0.29) is 6.10 Å². The van der Waals surface area contributed by atoms with Crippen LogP contribution >= 0.6 is 11.6 Å². The number of carbonyl (C=O) groups is 1. The minimum absolute atomic E-state index is 0.169. The predicted octanol–water partition coefficient (Wildman–Crippen LogP) is 3.33. The van der Waals surface area contributed by atoms with Gasteiger partial charge in [-0.1, -0.05) is 24.6 Å². The first-order valence-electron chi connectivity index (χ1n) is 8.51. The van der Waals surface area contributed by atoms with Crippen molar-refractivity contribution in [3.05, 3.63) is 29.3 Å². The molecule has 1 aromatic carbocycles. The molecule has 6 heteroatoms. The Kier molecular flexibility index (Phi) is 7.34. The van der Waals surface area contributed by atoms with E-state index in [2.05, 4.69) is 6.92 Å². The van der Waals surface area contributed by atoms with E-state index in [0.29, 0.717) is 23.8 Å². The first kappa shape index (κ1) is 19.0. The van der Waals surface area contributed by atoms with Gasteiger partial charge in [0.15, 0.2) is 6.10 Å². The third-order valence-electron chi connectivity index (χ3n) is 4.04. The molecule has 2 N–H and O–H groups in total. The van der Waals surface area contributed by atoms with Gasteiger partial charge in [0.25, 0.3) is 0 Å². The highest BCUT2D eigenvalue weighted by Crippen LogP contribution is 2.25. The average Bonchev–Trinajstić information content (AvgIpc) is 2.59. The van der Waals surface area contributed by atoms with Gasteiger partial charge < -0.3 is 19.9 Å². The van der Waals surface area contributed by atoms with E-state index in [0.717, 1.165) is 19.3 Å². The second-order valence-corrected chi connectivity index (χ2v) is 6.56. The highest BCUT2D eigenvalue weighted by Gasteiger charge is 2.35. The van der Waals surface area contributed by atoms with Crippen LogP contribution in [0.15, 0.2) is 24.3 Å². The van der Waals surface area contributed by atoms with Gasteiger partial charge in [0.2, 0.25) is 0 Å². The lowest BCUT2D eigenvalue weighted by molar-refractivity contribution is -0.158. The van der Waals surface area contributed by atoms with Crippen molar-refractivity contribution in [2.45, 2.75) is 63.9 Å². The van der Waals surface area contributed by atoms with Crippen LogP contribution in [0, 0.1) is 0 Å². The molecule has 24 heavy (non-hydrogen) atoms. The number of hydrogen-bond donors (Lipinski definition) is 1. The van der Waals surface area contributed by atoms with Gasteiger partial charge in [0, 0.05) is 11.6 Å². The molecule has 134 valence electrons. The molecule has 0 spiro atoms. The van der Waals surface area contributed by atoms with Gasteiger partial charge in [0.1, 0.15) is 17.9 Å². The standard InChI is InChI=1S/C18H26ClNO4/c1-3-10-22-16-9-5-8-15(20)18(21)23-12(2)17(16)24-14-7-4-6-13(19)11-14/h4,6-7,11-12,15-17H,3,5,8-10,20H2,1-2H3/t12-,15-,16-,17-/m0/s1. The molecule has 2 rings (SSSR count). The summed E-state index contributed by atoms with van der Waals surface area (Å²) < 4.78 is 17.6. The highest BCUT2D eigenvalue weighted by atomic mass is 35.5. The van der Waals surface area contributed by atoms with Gasteiger partial charge in [-0.15, -0.1) is 0 Å². The lowest BCUT2D eigenvalue weighted by Crippen LogP contribution is -2.45. The molecule has 1 heterocycles. The van der Waals surface area contributed by atoms with Crippen LogP contribution in [0.25, 0.3) is 0 Å². The molecule has 1 aliphatic rings. The maximum atomic E-state index is 12.0. The van der Waals surface area contributed by atoms with E-state index in [1.165, 1.54) is 0 Å². The van der Waals surface area contributed by atoms with Crippen molar-refractivity contribution in [1.82, 2.24) is 0 Å². The molecule has 0 saturated carbocycles. The Morgan fingerprint density at radius 3 is 2.88 bits per heavy atom. The first-order valence-corrected chi connectivity index (χ1v) is 8.89. The van der Waals surface area contributed by atoms with Crippen LogP contribution in [-0.4, -0.2) is 36.9 Å². The van der Waals surface area contributed by atoms with Gasteiger partial charge in [0.05, 0.1) is 6.10 Å². The topological polar surface area (TPSA) is 70.8 Å². The second-order valence-electron chi connectivity index (χ2n) is 6.13. The molecular weight excluding hydrogens is 330 g/mol. The fourth-order valence-corrected chi connectivity index (χ4v) is 2.96. The van der Waals surface area contributed by atoms with Crippen LogP contribution in [0.2, 0.25) is 5.02 Å². The molecule has 5 nitrogen and oxygen atoms in total. The number of hydrogen-bond acceptors (Lipinski definition) is 5. The summed E-state index contributed by atoms with van der Waals surface area (Å²) >= 11 is 6.03. The van der Waals surface area contributed by atoms with Crippen LogP contribution in [0.4, 0.5) is 0 Å². The molecule has 0 aliphatic carbocycles. The summed E-state index contributed by atoms with van der Waals surface area (Å²) in [6, 6.07) is 6.58. The van der Waals surface area contributed by atoms with E-state index in [9.17, 15) is 4.79 Å². The summed E-state index contributed by atoms with van der Waals surface area (Å²) in [5, 5.41) is 0.591. The molecule has 0 bridgehead atoms. The fraction of sp³-hybridized carbons (Fsp3) is 0.611. The molecule has 4 atom stereocenters. The monoisotopic (exact) mass is 355 g/mol. The van der Waals surface area contributed by atoms with Gasteiger partial charge >= 0.3 is 5.97 Å². The molecular formula is C18H26ClNO4. The predicted molar refractivity (Wildman–Crippen MR) is 93.3 cm³/mol. The lowest BCUT2D eigenvalue weighted by Gasteiger charge is -2.31. The summed E-state index contributed by atoms with van der Waals surface area (Å²) in [5.41, 5.74) is 5.87. The molecule has 0 amide bonds. The van der Waals surface area contributed by atoms with E-state index < -0.39 is 24.2 Å². The molecule has 1 fully saturated rings. The maximum absolute atomic E-state index is 12.0. The number of benzene rings is 1. The Bertz CT molecular complexity index is 540. The second kappa shape index (κ2) is 9.25. The summed E-state index contributed by atoms with van der Waals surface area (Å²) in [4.78, 5) is 12.0. The highest BCUT2D eigenvalue weighted by molar-refractivity contribution is 6.30. The number of carbonyl (C=O) groups excluding carboxylic acids is 1. The van der Waals surface area contributed by atoms with Crippen molar-refractivity contribution >= 4 is 17.6 Å². The number of cyclic esters (lactones) is 1. The van der Waals surface area contributed by atoms with Gasteiger partial charge in [-0.25, -0.2) is 0 Å². The van der Waals surface area contributed by atoms with E-state index >= 15 is 0 Å². The molecule has 1 aromatic rings. The first-order chi connectivity index (χ1) is 11.5. The van der Waals surface area contributed by atoms with E-state index in [1.54, 1.807) is 12.1 Å². The van der Waals surface area contributed by atoms with E-state index in [4.69, 9.17) is 31.5 Å². The normalized spacial score (nSPS) is 28.4. The van der Waals surface area contributed by atoms with Crippen LogP contribution < -0.4 is 10.5 Å². The van der Waals surface area contributed by atoms with Crippen molar-refractivity contribution in [1.29, 1.82) is 0 Å². The number of ether oxygens (including phenoxy) is 3. The molecule has 0 radical (unpaired) electrons. The third-order valence-corrected chi connectivity index (χ3v) is 4.28. The number of halogens is 1. The number of rotatable bonds is 5. The summed E-state index contributed by atoms with van der Waals surface area (Å²) in [7, 11) is 0. The zero-order chi connectivity index (χ0) is 17.5. The summed E-state index contributed by atoms with van der Waals surface area (Å²) in [5.74, 6) is 0.238. The number of esters is 1. The Morgan fingerprint density at radius 1 is 1.38 bits per heavy atom. The summed E-state index contributed by atoms with van der Waals surface area (Å²) in [6.45, 7) is 4.50. The quantitative estimate of drug-likeness (QED) is 0.820. The number of nitrogens with two attached hydrogens (primary N) is 1. The SMILES string of the molecule is CCCO[C@H]1CCC[C@H](N)C(=O)O[C@@H](C)[C@@H]1Oc1cccc(Cl)c1. The van der Waals surface area contributed by atoms with Crippen molar-refractivity contribution in [3.8, 4) is 5.75 Å². The zero-order valence-corrected chi connectivity index (χ0v) is 15.0. The zero-order valence-electron chi connectivity index (χ0n) is 14.2. The average molecular weight is 356 g/mol. The van der Waals surface area contributed by atoms with Crippen molar-refractivity contribution < 1.29 is 19.0 Å². The Morgan fingerprint density at radius 2 is 2.17 bits per heavy atom. The van der Waals surface area contributed by atoms with Crippen LogP contribution in [0.1, 0.15) is 39.5 Å². The summed E-state index contributed by atoms with van der Waals surface area (Å²) in [6.07, 6.45) is 1.99.